The van der Waals surface area contributed by atoms with Gasteiger partial charge in [-0.1, -0.05) is 0 Å². The summed E-state index contributed by atoms with van der Waals surface area (Å²) in [7, 11) is 1.12. The molecule has 1 aromatic heterocycles. The van der Waals surface area contributed by atoms with Crippen molar-refractivity contribution in [1.29, 1.82) is 0 Å². The third kappa shape index (κ3) is 4.64. The maximum atomic E-state index is 14.5. The molecule has 0 atom stereocenters. The van der Waals surface area contributed by atoms with E-state index in [-0.39, 0.29) is 39.3 Å². The maximum absolute atomic E-state index is 14.5. The van der Waals surface area contributed by atoms with Gasteiger partial charge in [0, 0.05) is 36.0 Å². The summed E-state index contributed by atoms with van der Waals surface area (Å²) in [6.45, 7) is 1.25. The van der Waals surface area contributed by atoms with E-state index >= 15 is 0 Å². The summed E-state index contributed by atoms with van der Waals surface area (Å²) in [6.07, 6.45) is 0. The molecule has 0 saturated carbocycles. The molecular formula is C21H16BrF3N2O4. The van der Waals surface area contributed by atoms with Crippen LogP contribution in [0.2, 0.25) is 0 Å². The number of amides is 1. The van der Waals surface area contributed by atoms with Gasteiger partial charge in [0.15, 0.2) is 0 Å². The van der Waals surface area contributed by atoms with Crippen LogP contribution in [0.1, 0.15) is 21.6 Å². The maximum Gasteiger partial charge on any atom is 0.277 e. The second-order valence-corrected chi connectivity index (χ2v) is 7.42. The molecule has 3 aromatic rings. The van der Waals surface area contributed by atoms with Crippen LogP contribution in [0.5, 0.6) is 5.75 Å². The number of aromatic nitrogens is 1. The van der Waals surface area contributed by atoms with Crippen LogP contribution in [-0.4, -0.2) is 27.8 Å². The number of carbonyl (C=O) groups excluding carboxylic acids is 1. The molecule has 0 bridgehead atoms. The molecule has 0 radical (unpaired) electrons. The Labute approximate surface area is 183 Å². The van der Waals surface area contributed by atoms with Crippen LogP contribution in [0.15, 0.2) is 51.7 Å². The summed E-state index contributed by atoms with van der Waals surface area (Å²) < 4.78 is 47.8. The van der Waals surface area contributed by atoms with Crippen LogP contribution < -0.4 is 10.3 Å². The zero-order valence-corrected chi connectivity index (χ0v) is 17.9. The highest BCUT2D eigenvalue weighted by Crippen LogP contribution is 2.26. The monoisotopic (exact) mass is 496 g/mol. The van der Waals surface area contributed by atoms with Crippen molar-refractivity contribution in [1.82, 2.24) is 9.63 Å². The third-order valence-corrected chi connectivity index (χ3v) is 5.16. The number of aryl methyl sites for hydroxylation is 1. The highest BCUT2D eigenvalue weighted by Gasteiger charge is 2.19. The Morgan fingerprint density at radius 2 is 1.84 bits per heavy atom. The molecule has 0 fully saturated rings. The molecule has 31 heavy (non-hydrogen) atoms. The van der Waals surface area contributed by atoms with Gasteiger partial charge in [0.05, 0.1) is 5.69 Å². The summed E-state index contributed by atoms with van der Waals surface area (Å²) in [4.78, 5) is 24.9. The number of halogens is 4. The van der Waals surface area contributed by atoms with E-state index in [1.165, 1.54) is 25.1 Å². The second-order valence-electron chi connectivity index (χ2n) is 6.62. The lowest BCUT2D eigenvalue weighted by atomic mass is 10.1. The van der Waals surface area contributed by atoms with Crippen molar-refractivity contribution >= 4 is 21.8 Å². The lowest BCUT2D eigenvalue weighted by molar-refractivity contribution is -0.0374. The number of hydrogen-bond donors (Lipinski definition) is 1. The summed E-state index contributed by atoms with van der Waals surface area (Å²) in [5.41, 5.74) is -0.567. The molecule has 0 saturated heterocycles. The number of hydroxylamine groups is 2. The van der Waals surface area contributed by atoms with E-state index in [2.05, 4.69) is 15.9 Å². The zero-order chi connectivity index (χ0) is 22.9. The Kier molecular flexibility index (Phi) is 6.51. The average molecular weight is 497 g/mol. The molecule has 1 heterocycles. The van der Waals surface area contributed by atoms with Gasteiger partial charge in [0.1, 0.15) is 34.3 Å². The summed E-state index contributed by atoms with van der Waals surface area (Å²) >= 11 is 3.11. The van der Waals surface area contributed by atoms with Gasteiger partial charge in [-0.25, -0.2) is 18.2 Å². The Balaban J connectivity index is 2.00. The molecule has 0 unspecified atom stereocenters. The summed E-state index contributed by atoms with van der Waals surface area (Å²) in [5.74, 6) is -3.00. The molecule has 1 N–H and O–H groups in total. The van der Waals surface area contributed by atoms with Crippen molar-refractivity contribution in [3.63, 3.8) is 0 Å². The normalized spacial score (nSPS) is 10.8. The van der Waals surface area contributed by atoms with Gasteiger partial charge in [-0.2, -0.15) is 0 Å². The second kappa shape index (κ2) is 8.94. The minimum absolute atomic E-state index is 0.0315. The number of ether oxygens (including phenoxy) is 1. The predicted molar refractivity (Wildman–Crippen MR) is 109 cm³/mol. The van der Waals surface area contributed by atoms with Gasteiger partial charge in [0.2, 0.25) is 0 Å². The van der Waals surface area contributed by atoms with Gasteiger partial charge in [-0.15, -0.1) is 0 Å². The van der Waals surface area contributed by atoms with Crippen molar-refractivity contribution in [3.05, 3.63) is 91.6 Å². The third-order valence-electron chi connectivity index (χ3n) is 4.43. The van der Waals surface area contributed by atoms with E-state index in [1.54, 1.807) is 0 Å². The van der Waals surface area contributed by atoms with E-state index < -0.39 is 28.9 Å². The highest BCUT2D eigenvalue weighted by atomic mass is 79.9. The molecule has 2 aromatic carbocycles. The van der Waals surface area contributed by atoms with Crippen molar-refractivity contribution in [2.24, 2.45) is 0 Å². The molecule has 10 heteroatoms. The van der Waals surface area contributed by atoms with Gasteiger partial charge < -0.3 is 4.74 Å². The molecule has 6 nitrogen and oxygen atoms in total. The number of nitrogens with zero attached hydrogens (tertiary/aromatic N) is 2. The standard InChI is InChI=1S/C21H16BrF3N2O4/c1-11-7-18(31-10-13-3-5-14(23)9-16(13)25)19(22)21(29)27(11)17-8-12(4-6-15(17)24)20(28)26(2)30/h3-9,30H,10H2,1-2H3. The Morgan fingerprint density at radius 1 is 1.13 bits per heavy atom. The van der Waals surface area contributed by atoms with Crippen LogP contribution in [0, 0.1) is 24.4 Å². The van der Waals surface area contributed by atoms with E-state index in [1.807, 2.05) is 0 Å². The smallest absolute Gasteiger partial charge is 0.277 e. The summed E-state index contributed by atoms with van der Waals surface area (Å²) in [5, 5.41) is 9.67. The molecular weight excluding hydrogens is 481 g/mol. The summed E-state index contributed by atoms with van der Waals surface area (Å²) in [6, 6.07) is 7.78. The minimum atomic E-state index is -0.793. The Morgan fingerprint density at radius 3 is 2.48 bits per heavy atom. The number of pyridine rings is 1. The zero-order valence-electron chi connectivity index (χ0n) is 16.3. The van der Waals surface area contributed by atoms with Gasteiger partial charge in [-0.3, -0.25) is 19.4 Å². The fraction of sp³-hybridized carbons (Fsp3) is 0.143. The van der Waals surface area contributed by atoms with E-state index in [9.17, 15) is 28.0 Å². The largest absolute Gasteiger partial charge is 0.487 e. The van der Waals surface area contributed by atoms with Crippen molar-refractivity contribution in [2.75, 3.05) is 7.05 Å². The molecule has 0 aliphatic heterocycles. The molecule has 3 rings (SSSR count). The lowest BCUT2D eigenvalue weighted by Crippen LogP contribution is -2.25. The van der Waals surface area contributed by atoms with Crippen molar-refractivity contribution in [3.8, 4) is 11.4 Å². The fourth-order valence-corrected chi connectivity index (χ4v) is 3.29. The van der Waals surface area contributed by atoms with Crippen LogP contribution in [0.3, 0.4) is 0 Å². The molecule has 1 amide bonds. The molecule has 0 spiro atoms. The lowest BCUT2D eigenvalue weighted by Gasteiger charge is -2.16. The van der Waals surface area contributed by atoms with Crippen LogP contribution >= 0.6 is 15.9 Å². The molecule has 162 valence electrons. The fourth-order valence-electron chi connectivity index (χ4n) is 2.88. The predicted octanol–water partition coefficient (Wildman–Crippen LogP) is 4.37. The number of benzene rings is 2. The average Bonchev–Trinajstić information content (AvgIpc) is 2.71. The Bertz CT molecular complexity index is 1230. The van der Waals surface area contributed by atoms with E-state index in [4.69, 9.17) is 4.74 Å². The highest BCUT2D eigenvalue weighted by molar-refractivity contribution is 9.10. The van der Waals surface area contributed by atoms with Crippen molar-refractivity contribution in [2.45, 2.75) is 13.5 Å². The number of carbonyl (C=O) groups is 1. The van der Waals surface area contributed by atoms with E-state index in [0.29, 0.717) is 5.06 Å². The van der Waals surface area contributed by atoms with Crippen molar-refractivity contribution < 1.29 is 27.9 Å². The van der Waals surface area contributed by atoms with Crippen LogP contribution in [0.25, 0.3) is 5.69 Å². The Hall–Kier alpha value is -3.11. The molecule has 0 aliphatic carbocycles. The first-order valence-corrected chi connectivity index (χ1v) is 9.65. The SMILES string of the molecule is Cc1cc(OCc2ccc(F)cc2F)c(Br)c(=O)n1-c1cc(C(=O)N(C)O)ccc1F. The quantitative estimate of drug-likeness (QED) is 0.420. The van der Waals surface area contributed by atoms with Gasteiger partial charge >= 0.3 is 0 Å². The first-order chi connectivity index (χ1) is 14.6. The van der Waals surface area contributed by atoms with Crippen LogP contribution in [-0.2, 0) is 6.61 Å². The van der Waals surface area contributed by atoms with Gasteiger partial charge in [0.25, 0.3) is 11.5 Å². The number of rotatable bonds is 5. The van der Waals surface area contributed by atoms with Crippen LogP contribution in [0.4, 0.5) is 13.2 Å². The minimum Gasteiger partial charge on any atom is -0.487 e. The van der Waals surface area contributed by atoms with E-state index in [0.717, 1.165) is 35.9 Å². The first-order valence-electron chi connectivity index (χ1n) is 8.86. The number of hydrogen-bond acceptors (Lipinski definition) is 4. The molecule has 0 aliphatic rings. The van der Waals surface area contributed by atoms with Gasteiger partial charge in [-0.05, 0) is 53.2 Å². The topological polar surface area (TPSA) is 71.8 Å². The first kappa shape index (κ1) is 22.6.